The predicted molar refractivity (Wildman–Crippen MR) is 54.7 cm³/mol. The van der Waals surface area contributed by atoms with Crippen LogP contribution in [0.3, 0.4) is 0 Å². The number of aromatic nitrogens is 2. The topological polar surface area (TPSA) is 55.0 Å². The monoisotopic (exact) mass is 198 g/mol. The molecule has 1 heterocycles. The van der Waals surface area contributed by atoms with E-state index in [1.807, 2.05) is 6.92 Å². The van der Waals surface area contributed by atoms with Gasteiger partial charge in [-0.1, -0.05) is 13.3 Å². The molecule has 0 atom stereocenters. The molecule has 80 valence electrons. The lowest BCUT2D eigenvalue weighted by molar-refractivity contribution is -0.143. The van der Waals surface area contributed by atoms with Crippen molar-refractivity contribution in [2.45, 2.75) is 33.1 Å². The summed E-state index contributed by atoms with van der Waals surface area (Å²) in [6.07, 6.45) is 7.65. The average molecular weight is 198 g/mol. The number of imidazole rings is 1. The second-order valence-corrected chi connectivity index (χ2v) is 2.67. The first-order valence-corrected chi connectivity index (χ1v) is 4.89. The summed E-state index contributed by atoms with van der Waals surface area (Å²) in [7, 11) is 0. The van der Waals surface area contributed by atoms with E-state index < -0.39 is 0 Å². The highest BCUT2D eigenvalue weighted by molar-refractivity contribution is 5.69. The molecule has 0 aliphatic carbocycles. The lowest BCUT2D eigenvalue weighted by atomic mass is 10.3. The van der Waals surface area contributed by atoms with Crippen LogP contribution in [0.5, 0.6) is 0 Å². The van der Waals surface area contributed by atoms with Crippen molar-refractivity contribution in [2.24, 2.45) is 0 Å². The van der Waals surface area contributed by atoms with Crippen molar-refractivity contribution in [1.29, 1.82) is 0 Å². The fourth-order valence-corrected chi connectivity index (χ4v) is 0.769. The molecule has 1 rings (SSSR count). The Balaban J connectivity index is 0.000000280. The number of hydrogen-bond donors (Lipinski definition) is 1. The Kier molecular flexibility index (Phi) is 8.84. The molecular weight excluding hydrogens is 180 g/mol. The molecule has 1 aromatic rings. The summed E-state index contributed by atoms with van der Waals surface area (Å²) in [6, 6.07) is 0. The van der Waals surface area contributed by atoms with Gasteiger partial charge >= 0.3 is 5.97 Å². The fraction of sp³-hybridized carbons (Fsp3) is 0.600. The predicted octanol–water partition coefficient (Wildman–Crippen LogP) is 2.15. The van der Waals surface area contributed by atoms with E-state index in [1.165, 1.54) is 0 Å². The van der Waals surface area contributed by atoms with Gasteiger partial charge in [-0.3, -0.25) is 4.79 Å². The number of carbonyl (C=O) groups is 1. The summed E-state index contributed by atoms with van der Waals surface area (Å²) in [6.45, 7) is 4.38. The normalized spacial score (nSPS) is 8.71. The molecule has 4 nitrogen and oxygen atoms in total. The lowest BCUT2D eigenvalue weighted by Gasteiger charge is -1.97. The van der Waals surface area contributed by atoms with Crippen molar-refractivity contribution in [2.75, 3.05) is 6.61 Å². The summed E-state index contributed by atoms with van der Waals surface area (Å²) in [4.78, 5) is 17.0. The SMILES string of the molecule is CCCCC(=O)OCC.c1c[nH]cn1. The van der Waals surface area contributed by atoms with Gasteiger partial charge in [0.25, 0.3) is 0 Å². The van der Waals surface area contributed by atoms with Crippen LogP contribution in [0, 0.1) is 0 Å². The van der Waals surface area contributed by atoms with Crippen molar-refractivity contribution in [3.63, 3.8) is 0 Å². The number of unbranched alkanes of at least 4 members (excludes halogenated alkanes) is 1. The summed E-state index contributed by atoms with van der Waals surface area (Å²) in [5, 5.41) is 0. The van der Waals surface area contributed by atoms with Gasteiger partial charge in [-0.25, -0.2) is 4.98 Å². The zero-order valence-electron chi connectivity index (χ0n) is 8.82. The molecule has 0 unspecified atom stereocenters. The smallest absolute Gasteiger partial charge is 0.305 e. The molecule has 0 radical (unpaired) electrons. The van der Waals surface area contributed by atoms with Crippen LogP contribution in [-0.4, -0.2) is 22.5 Å². The van der Waals surface area contributed by atoms with Crippen LogP contribution in [0.15, 0.2) is 18.7 Å². The average Bonchev–Trinajstić information content (AvgIpc) is 2.73. The third-order valence-corrected chi connectivity index (χ3v) is 1.45. The Hall–Kier alpha value is -1.32. The van der Waals surface area contributed by atoms with E-state index in [9.17, 15) is 4.79 Å². The first-order valence-electron chi connectivity index (χ1n) is 4.89. The maximum atomic E-state index is 10.6. The maximum Gasteiger partial charge on any atom is 0.305 e. The van der Waals surface area contributed by atoms with E-state index in [0.717, 1.165) is 12.8 Å². The third-order valence-electron chi connectivity index (χ3n) is 1.45. The molecular formula is C10H18N2O2. The zero-order chi connectivity index (χ0) is 10.6. The quantitative estimate of drug-likeness (QED) is 0.754. The minimum absolute atomic E-state index is 0.0700. The minimum Gasteiger partial charge on any atom is -0.466 e. The van der Waals surface area contributed by atoms with Crippen LogP contribution in [0.25, 0.3) is 0 Å². The van der Waals surface area contributed by atoms with Crippen LogP contribution in [-0.2, 0) is 9.53 Å². The summed E-state index contributed by atoms with van der Waals surface area (Å²) in [5.74, 6) is -0.0700. The minimum atomic E-state index is -0.0700. The van der Waals surface area contributed by atoms with Gasteiger partial charge in [0.2, 0.25) is 0 Å². The van der Waals surface area contributed by atoms with Crippen molar-refractivity contribution in [3.8, 4) is 0 Å². The Morgan fingerprint density at radius 2 is 2.29 bits per heavy atom. The van der Waals surface area contributed by atoms with Gasteiger partial charge < -0.3 is 9.72 Å². The molecule has 0 saturated carbocycles. The molecule has 1 aromatic heterocycles. The Morgan fingerprint density at radius 3 is 2.64 bits per heavy atom. The first-order chi connectivity index (χ1) is 6.81. The highest BCUT2D eigenvalue weighted by atomic mass is 16.5. The Morgan fingerprint density at radius 1 is 1.50 bits per heavy atom. The van der Waals surface area contributed by atoms with E-state index in [1.54, 1.807) is 18.7 Å². The number of rotatable bonds is 4. The highest BCUT2D eigenvalue weighted by Crippen LogP contribution is 1.95. The molecule has 0 bridgehead atoms. The summed E-state index contributed by atoms with van der Waals surface area (Å²) in [5.41, 5.74) is 0. The maximum absolute atomic E-state index is 10.6. The number of carbonyl (C=O) groups excluding carboxylic acids is 1. The first kappa shape index (κ1) is 12.7. The molecule has 0 amide bonds. The fourth-order valence-electron chi connectivity index (χ4n) is 0.769. The number of ether oxygens (including phenoxy) is 1. The Labute approximate surface area is 84.7 Å². The van der Waals surface area contributed by atoms with Gasteiger partial charge in [-0.15, -0.1) is 0 Å². The van der Waals surface area contributed by atoms with Crippen molar-refractivity contribution < 1.29 is 9.53 Å². The Bertz CT molecular complexity index is 193. The largest absolute Gasteiger partial charge is 0.466 e. The number of aromatic amines is 1. The molecule has 4 heteroatoms. The van der Waals surface area contributed by atoms with Gasteiger partial charge in [-0.05, 0) is 13.3 Å². The van der Waals surface area contributed by atoms with Crippen LogP contribution in [0.4, 0.5) is 0 Å². The summed E-state index contributed by atoms with van der Waals surface area (Å²) < 4.78 is 4.70. The molecule has 0 saturated heterocycles. The second kappa shape index (κ2) is 9.77. The van der Waals surface area contributed by atoms with E-state index in [2.05, 4.69) is 16.9 Å². The molecule has 0 spiro atoms. The van der Waals surface area contributed by atoms with Crippen LogP contribution < -0.4 is 0 Å². The zero-order valence-corrected chi connectivity index (χ0v) is 8.82. The van der Waals surface area contributed by atoms with E-state index in [0.29, 0.717) is 13.0 Å². The van der Waals surface area contributed by atoms with E-state index in [-0.39, 0.29) is 5.97 Å². The number of nitrogens with zero attached hydrogens (tertiary/aromatic N) is 1. The molecule has 0 aliphatic rings. The van der Waals surface area contributed by atoms with E-state index >= 15 is 0 Å². The summed E-state index contributed by atoms with van der Waals surface area (Å²) >= 11 is 0. The molecule has 0 aromatic carbocycles. The molecule has 1 N–H and O–H groups in total. The highest BCUT2D eigenvalue weighted by Gasteiger charge is 1.97. The number of esters is 1. The molecule has 14 heavy (non-hydrogen) atoms. The van der Waals surface area contributed by atoms with Gasteiger partial charge in [0.05, 0.1) is 12.9 Å². The second-order valence-electron chi connectivity index (χ2n) is 2.67. The van der Waals surface area contributed by atoms with Crippen LogP contribution in [0.1, 0.15) is 33.1 Å². The molecule has 0 fully saturated rings. The number of nitrogens with one attached hydrogen (secondary N) is 1. The lowest BCUT2D eigenvalue weighted by Crippen LogP contribution is -2.02. The van der Waals surface area contributed by atoms with Crippen molar-refractivity contribution in [3.05, 3.63) is 18.7 Å². The number of H-pyrrole nitrogens is 1. The number of hydrogen-bond acceptors (Lipinski definition) is 3. The van der Waals surface area contributed by atoms with Crippen LogP contribution >= 0.6 is 0 Å². The van der Waals surface area contributed by atoms with Gasteiger partial charge in [0.15, 0.2) is 0 Å². The molecule has 0 aliphatic heterocycles. The van der Waals surface area contributed by atoms with E-state index in [4.69, 9.17) is 4.74 Å². The van der Waals surface area contributed by atoms with Gasteiger partial charge in [-0.2, -0.15) is 0 Å². The standard InChI is InChI=1S/C7H14O2.C3H4N2/c1-3-5-6-7(8)9-4-2;1-2-5-3-4-1/h3-6H2,1-2H3;1-3H,(H,4,5). The van der Waals surface area contributed by atoms with Crippen molar-refractivity contribution >= 4 is 5.97 Å². The van der Waals surface area contributed by atoms with Crippen LogP contribution in [0.2, 0.25) is 0 Å². The van der Waals surface area contributed by atoms with Crippen molar-refractivity contribution in [1.82, 2.24) is 9.97 Å². The van der Waals surface area contributed by atoms with Gasteiger partial charge in [0.1, 0.15) is 0 Å². The third kappa shape index (κ3) is 8.77. The van der Waals surface area contributed by atoms with Gasteiger partial charge in [0, 0.05) is 18.8 Å².